The van der Waals surface area contributed by atoms with Gasteiger partial charge < -0.3 is 30.0 Å². The molecule has 0 aromatic carbocycles. The van der Waals surface area contributed by atoms with E-state index in [4.69, 9.17) is 15.0 Å². The summed E-state index contributed by atoms with van der Waals surface area (Å²) in [4.78, 5) is 31.2. The van der Waals surface area contributed by atoms with E-state index in [1.807, 2.05) is 48.5 Å². The molecule has 2 amide bonds. The maximum absolute atomic E-state index is 13.3. The Balaban J connectivity index is 2.19. The average Bonchev–Trinajstić information content (AvgIpc) is 3.13. The highest BCUT2D eigenvalue weighted by Gasteiger charge is 2.52. The van der Waals surface area contributed by atoms with E-state index in [0.29, 0.717) is 18.8 Å². The first-order valence-corrected chi connectivity index (χ1v) is 10.0. The van der Waals surface area contributed by atoms with Crippen LogP contribution >= 0.6 is 0 Å². The number of methoxy groups -OCH3 is 1. The van der Waals surface area contributed by atoms with Crippen molar-refractivity contribution in [3.05, 3.63) is 0 Å². The molecule has 2 aliphatic heterocycles. The van der Waals surface area contributed by atoms with Crippen LogP contribution in [0.25, 0.3) is 0 Å². The minimum absolute atomic E-state index is 0.211. The van der Waals surface area contributed by atoms with Crippen LogP contribution in [0.2, 0.25) is 0 Å². The zero-order valence-electron chi connectivity index (χ0n) is 18.9. The summed E-state index contributed by atoms with van der Waals surface area (Å²) in [6.07, 6.45) is 0.841. The fraction of sp³-hybridized carbons (Fsp3) is 0.842. The SMILES string of the molecule is COC(=O)N[C@H](C(=O)N1CCC[C@H]1/C(N)=N/B1OC(C)(C)C(C)(C)O1)C(C)(C)C. The van der Waals surface area contributed by atoms with Gasteiger partial charge >= 0.3 is 13.3 Å². The van der Waals surface area contributed by atoms with E-state index in [1.54, 1.807) is 4.90 Å². The van der Waals surface area contributed by atoms with Crippen LogP contribution in [-0.2, 0) is 18.8 Å². The number of hydrogen-bond donors (Lipinski definition) is 2. The second-order valence-electron chi connectivity index (χ2n) is 9.74. The molecule has 2 fully saturated rings. The van der Waals surface area contributed by atoms with Crippen LogP contribution in [0.1, 0.15) is 61.3 Å². The molecule has 0 radical (unpaired) electrons. The monoisotopic (exact) mass is 410 g/mol. The van der Waals surface area contributed by atoms with Gasteiger partial charge in [0.25, 0.3) is 0 Å². The van der Waals surface area contributed by atoms with Crippen LogP contribution in [0.5, 0.6) is 0 Å². The third-order valence-electron chi connectivity index (χ3n) is 5.93. The lowest BCUT2D eigenvalue weighted by atomic mass is 9.85. The largest absolute Gasteiger partial charge is 0.614 e. The Kier molecular flexibility index (Phi) is 6.59. The maximum atomic E-state index is 13.3. The molecule has 0 bridgehead atoms. The van der Waals surface area contributed by atoms with E-state index in [2.05, 4.69) is 15.0 Å². The number of amides is 2. The molecule has 2 atom stereocenters. The van der Waals surface area contributed by atoms with Gasteiger partial charge in [-0.05, 0) is 46.0 Å². The molecule has 29 heavy (non-hydrogen) atoms. The molecule has 2 rings (SSSR count). The summed E-state index contributed by atoms with van der Waals surface area (Å²) < 4.78 is 16.5. The number of nitrogens with two attached hydrogens (primary N) is 1. The highest BCUT2D eigenvalue weighted by Crippen LogP contribution is 2.37. The van der Waals surface area contributed by atoms with Crippen LogP contribution in [0.15, 0.2) is 4.90 Å². The lowest BCUT2D eigenvalue weighted by Gasteiger charge is -2.35. The van der Waals surface area contributed by atoms with Crippen molar-refractivity contribution < 1.29 is 23.6 Å². The van der Waals surface area contributed by atoms with Gasteiger partial charge in [0.05, 0.1) is 24.4 Å². The maximum Gasteiger partial charge on any atom is 0.614 e. The van der Waals surface area contributed by atoms with Crippen LogP contribution in [0.4, 0.5) is 4.79 Å². The van der Waals surface area contributed by atoms with Gasteiger partial charge in [-0.1, -0.05) is 20.8 Å². The molecule has 2 saturated heterocycles. The molecular weight excluding hydrogens is 375 g/mol. The summed E-state index contributed by atoms with van der Waals surface area (Å²) in [5.74, 6) is 0.0811. The zero-order valence-corrected chi connectivity index (χ0v) is 18.9. The van der Waals surface area contributed by atoms with E-state index >= 15 is 0 Å². The number of carbonyl (C=O) groups is 2. The highest BCUT2D eigenvalue weighted by atomic mass is 16.7. The fourth-order valence-electron chi connectivity index (χ4n) is 3.40. The summed E-state index contributed by atoms with van der Waals surface area (Å²) in [7, 11) is 0.456. The molecule has 2 aliphatic rings. The Hall–Kier alpha value is -1.81. The van der Waals surface area contributed by atoms with Crippen molar-refractivity contribution in [1.82, 2.24) is 10.2 Å². The molecular formula is C19H35BN4O5. The third-order valence-corrected chi connectivity index (χ3v) is 5.93. The molecule has 9 nitrogen and oxygen atoms in total. The summed E-state index contributed by atoms with van der Waals surface area (Å²) >= 11 is 0. The van der Waals surface area contributed by atoms with Gasteiger partial charge in [-0.2, -0.15) is 0 Å². The van der Waals surface area contributed by atoms with E-state index < -0.39 is 36.0 Å². The number of alkyl carbamates (subject to hydrolysis) is 1. The molecule has 10 heteroatoms. The fourth-order valence-corrected chi connectivity index (χ4v) is 3.40. The number of ether oxygens (including phenoxy) is 1. The summed E-state index contributed by atoms with van der Waals surface area (Å²) in [5.41, 5.74) is 4.74. The number of hydrogen-bond acceptors (Lipinski definition) is 6. The van der Waals surface area contributed by atoms with Crippen molar-refractivity contribution in [2.45, 2.75) is 84.6 Å². The number of amidine groups is 1. The van der Waals surface area contributed by atoms with Crippen LogP contribution in [-0.4, -0.2) is 66.9 Å². The number of rotatable bonds is 4. The lowest BCUT2D eigenvalue weighted by molar-refractivity contribution is -0.135. The minimum atomic E-state index is -0.816. The molecule has 164 valence electrons. The minimum Gasteiger partial charge on any atom is -0.453 e. The average molecular weight is 410 g/mol. The summed E-state index contributed by atoms with van der Waals surface area (Å²) in [6, 6.07) is -1.12. The van der Waals surface area contributed by atoms with Gasteiger partial charge in [0.1, 0.15) is 11.9 Å². The smallest absolute Gasteiger partial charge is 0.453 e. The van der Waals surface area contributed by atoms with Gasteiger partial charge in [-0.25, -0.2) is 4.79 Å². The lowest BCUT2D eigenvalue weighted by Crippen LogP contribution is -2.57. The Morgan fingerprint density at radius 2 is 1.79 bits per heavy atom. The summed E-state index contributed by atoms with van der Waals surface area (Å²) in [5, 5.41) is 2.65. The Morgan fingerprint density at radius 3 is 2.28 bits per heavy atom. The predicted molar refractivity (Wildman–Crippen MR) is 111 cm³/mol. The Bertz CT molecular complexity index is 658. The molecule has 0 spiro atoms. The van der Waals surface area contributed by atoms with Crippen LogP contribution < -0.4 is 11.1 Å². The number of nitrogens with zero attached hydrogens (tertiary/aromatic N) is 2. The molecule has 3 N–H and O–H groups in total. The van der Waals surface area contributed by atoms with E-state index in [0.717, 1.165) is 6.42 Å². The third kappa shape index (κ3) is 5.03. The molecule has 0 aliphatic carbocycles. The number of carbonyl (C=O) groups excluding carboxylic acids is 2. The molecule has 0 unspecified atom stereocenters. The molecule has 2 heterocycles. The Labute approximate surface area is 173 Å². The first-order valence-electron chi connectivity index (χ1n) is 10.0. The summed E-state index contributed by atoms with van der Waals surface area (Å²) in [6.45, 7) is 14.0. The molecule has 0 saturated carbocycles. The van der Waals surface area contributed by atoms with Gasteiger partial charge in [-0.3, -0.25) is 9.70 Å². The standard InChI is InChI=1S/C19H35BN4O5/c1-17(2,3)13(22-16(26)27-8)15(25)24-11-9-10-12(24)14(21)23-20-28-18(4,5)19(6,7)29-20/h12-13H,9-11H2,1-8H3,(H2,21,23)(H,22,26)/t12-,13+/m0/s1. The van der Waals surface area contributed by atoms with Crippen molar-refractivity contribution in [2.24, 2.45) is 16.1 Å². The quantitative estimate of drug-likeness (QED) is 0.414. The molecule has 0 aromatic heterocycles. The van der Waals surface area contributed by atoms with Crippen LogP contribution in [0, 0.1) is 5.41 Å². The first-order chi connectivity index (χ1) is 13.2. The van der Waals surface area contributed by atoms with Crippen molar-refractivity contribution in [1.29, 1.82) is 0 Å². The van der Waals surface area contributed by atoms with E-state index in [1.165, 1.54) is 7.11 Å². The molecule has 0 aromatic rings. The van der Waals surface area contributed by atoms with Crippen molar-refractivity contribution >= 4 is 25.1 Å². The zero-order chi connectivity index (χ0) is 22.2. The number of nitrogens with one attached hydrogen (secondary N) is 1. The van der Waals surface area contributed by atoms with Gasteiger partial charge in [0, 0.05) is 6.54 Å². The normalized spacial score (nSPS) is 25.1. The van der Waals surface area contributed by atoms with E-state index in [9.17, 15) is 9.59 Å². The first kappa shape index (κ1) is 23.5. The topological polar surface area (TPSA) is 115 Å². The van der Waals surface area contributed by atoms with Gasteiger partial charge in [-0.15, -0.1) is 0 Å². The predicted octanol–water partition coefficient (Wildman–Crippen LogP) is 1.69. The van der Waals surface area contributed by atoms with Gasteiger partial charge in [0.15, 0.2) is 0 Å². The van der Waals surface area contributed by atoms with Gasteiger partial charge in [0.2, 0.25) is 5.91 Å². The Morgan fingerprint density at radius 1 is 1.24 bits per heavy atom. The van der Waals surface area contributed by atoms with Crippen molar-refractivity contribution in [2.75, 3.05) is 13.7 Å². The second kappa shape index (κ2) is 8.14. The van der Waals surface area contributed by atoms with Crippen molar-refractivity contribution in [3.63, 3.8) is 0 Å². The highest BCUT2D eigenvalue weighted by molar-refractivity contribution is 6.45. The van der Waals surface area contributed by atoms with E-state index in [-0.39, 0.29) is 11.9 Å². The van der Waals surface area contributed by atoms with Crippen molar-refractivity contribution in [3.8, 4) is 0 Å². The second-order valence-corrected chi connectivity index (χ2v) is 9.74. The van der Waals surface area contributed by atoms with Crippen LogP contribution in [0.3, 0.4) is 0 Å². The number of likely N-dealkylation sites (tertiary alicyclic amines) is 1.